The molecule has 0 radical (unpaired) electrons. The number of benzene rings is 1. The molecule has 0 saturated carbocycles. The number of nitrogens with zero attached hydrogens (tertiary/aromatic N) is 3. The van der Waals surface area contributed by atoms with E-state index in [9.17, 15) is 0 Å². The molecule has 0 aliphatic rings. The second-order valence-electron chi connectivity index (χ2n) is 5.22. The van der Waals surface area contributed by atoms with Crippen LogP contribution < -0.4 is 10.6 Å². The Morgan fingerprint density at radius 1 is 1.35 bits per heavy atom. The number of halogens is 2. The minimum Gasteiger partial charge on any atom is -0.356 e. The third kappa shape index (κ3) is 6.34. The molecule has 8 heteroatoms. The van der Waals surface area contributed by atoms with E-state index in [4.69, 9.17) is 16.1 Å². The van der Waals surface area contributed by atoms with E-state index in [2.05, 4.69) is 39.6 Å². The van der Waals surface area contributed by atoms with Crippen LogP contribution in [0.4, 0.5) is 0 Å². The van der Waals surface area contributed by atoms with Crippen molar-refractivity contribution in [1.29, 1.82) is 0 Å². The first kappa shape index (κ1) is 19.7. The van der Waals surface area contributed by atoms with Crippen LogP contribution in [-0.4, -0.2) is 29.7 Å². The predicted molar refractivity (Wildman–Crippen MR) is 103 cm³/mol. The summed E-state index contributed by atoms with van der Waals surface area (Å²) in [5, 5.41) is 11.0. The summed E-state index contributed by atoms with van der Waals surface area (Å²) in [5.41, 5.74) is 0.824. The fraction of sp³-hybridized carbons (Fsp3) is 0.400. The summed E-state index contributed by atoms with van der Waals surface area (Å²) in [6, 6.07) is 7.34. The number of aliphatic imine (C=N–C) groups is 1. The molecule has 1 aromatic carbocycles. The van der Waals surface area contributed by atoms with Crippen LogP contribution in [0.5, 0.6) is 0 Å². The fourth-order valence-corrected chi connectivity index (χ4v) is 1.94. The Morgan fingerprint density at radius 2 is 2.13 bits per heavy atom. The molecule has 2 rings (SSSR count). The quantitative estimate of drug-likeness (QED) is 0.416. The molecule has 2 N–H and O–H groups in total. The van der Waals surface area contributed by atoms with Crippen molar-refractivity contribution in [1.82, 2.24) is 20.8 Å². The Balaban J connectivity index is 0.00000264. The van der Waals surface area contributed by atoms with Crippen molar-refractivity contribution in [2.75, 3.05) is 13.6 Å². The minimum atomic E-state index is 0. The van der Waals surface area contributed by atoms with Crippen LogP contribution in [0.3, 0.4) is 0 Å². The molecule has 0 amide bonds. The van der Waals surface area contributed by atoms with Gasteiger partial charge in [-0.05, 0) is 18.1 Å². The van der Waals surface area contributed by atoms with Gasteiger partial charge in [0.15, 0.2) is 5.96 Å². The Bertz CT molecular complexity index is 644. The van der Waals surface area contributed by atoms with E-state index in [1.165, 1.54) is 0 Å². The summed E-state index contributed by atoms with van der Waals surface area (Å²) in [6.07, 6.45) is 0. The van der Waals surface area contributed by atoms with Crippen LogP contribution in [0.15, 0.2) is 33.8 Å². The monoisotopic (exact) mass is 449 g/mol. The molecule has 0 aliphatic heterocycles. The van der Waals surface area contributed by atoms with Gasteiger partial charge >= 0.3 is 0 Å². The Morgan fingerprint density at radius 3 is 2.78 bits per heavy atom. The summed E-state index contributed by atoms with van der Waals surface area (Å²) < 4.78 is 5.23. The highest BCUT2D eigenvalue weighted by Crippen LogP contribution is 2.19. The summed E-state index contributed by atoms with van der Waals surface area (Å²) in [4.78, 5) is 8.48. The van der Waals surface area contributed by atoms with Crippen molar-refractivity contribution < 1.29 is 4.52 Å². The zero-order valence-corrected chi connectivity index (χ0v) is 16.4. The summed E-state index contributed by atoms with van der Waals surface area (Å²) in [7, 11) is 1.72. The van der Waals surface area contributed by atoms with Crippen molar-refractivity contribution >= 4 is 41.5 Å². The number of rotatable bonds is 5. The van der Waals surface area contributed by atoms with Crippen molar-refractivity contribution in [3.8, 4) is 11.4 Å². The number of aromatic nitrogens is 2. The lowest BCUT2D eigenvalue weighted by Crippen LogP contribution is -2.38. The van der Waals surface area contributed by atoms with E-state index in [0.717, 1.165) is 12.1 Å². The van der Waals surface area contributed by atoms with Gasteiger partial charge in [0.05, 0.1) is 6.54 Å². The van der Waals surface area contributed by atoms with Gasteiger partial charge in [0.2, 0.25) is 11.7 Å². The lowest BCUT2D eigenvalue weighted by Gasteiger charge is -2.11. The van der Waals surface area contributed by atoms with Crippen LogP contribution in [0, 0.1) is 5.92 Å². The van der Waals surface area contributed by atoms with Crippen molar-refractivity contribution in [2.45, 2.75) is 20.4 Å². The zero-order valence-electron chi connectivity index (χ0n) is 13.3. The number of nitrogens with one attached hydrogen (secondary N) is 2. The molecule has 1 aromatic heterocycles. The van der Waals surface area contributed by atoms with Crippen LogP contribution in [-0.2, 0) is 6.54 Å². The average Bonchev–Trinajstić information content (AvgIpc) is 2.96. The standard InChI is InChI=1S/C15H20ClN5O.HI/c1-10(2)8-18-15(17-3)19-9-13-20-14(21-22-13)11-5-4-6-12(16)7-11;/h4-7,10H,8-9H2,1-3H3,(H2,17,18,19);1H. The topological polar surface area (TPSA) is 75.3 Å². The van der Waals surface area contributed by atoms with Gasteiger partial charge in [0.1, 0.15) is 0 Å². The van der Waals surface area contributed by atoms with E-state index in [0.29, 0.717) is 35.2 Å². The van der Waals surface area contributed by atoms with Gasteiger partial charge in [-0.1, -0.05) is 42.7 Å². The summed E-state index contributed by atoms with van der Waals surface area (Å²) in [5.74, 6) is 2.25. The minimum absolute atomic E-state index is 0. The summed E-state index contributed by atoms with van der Waals surface area (Å²) >= 11 is 5.96. The smallest absolute Gasteiger partial charge is 0.246 e. The normalized spacial score (nSPS) is 11.3. The van der Waals surface area contributed by atoms with Gasteiger partial charge in [-0.25, -0.2) is 0 Å². The third-order valence-corrected chi connectivity index (χ3v) is 3.09. The molecule has 1 heterocycles. The molecule has 0 spiro atoms. The lowest BCUT2D eigenvalue weighted by atomic mass is 10.2. The predicted octanol–water partition coefficient (Wildman–Crippen LogP) is 3.33. The van der Waals surface area contributed by atoms with Gasteiger partial charge in [-0.2, -0.15) is 4.98 Å². The molecular weight excluding hydrogens is 429 g/mol. The highest BCUT2D eigenvalue weighted by atomic mass is 127. The maximum absolute atomic E-state index is 5.96. The van der Waals surface area contributed by atoms with Gasteiger partial charge in [0, 0.05) is 24.2 Å². The first-order chi connectivity index (χ1) is 10.6. The van der Waals surface area contributed by atoms with Gasteiger partial charge in [-0.3, -0.25) is 4.99 Å². The van der Waals surface area contributed by atoms with E-state index in [1.54, 1.807) is 19.2 Å². The second-order valence-corrected chi connectivity index (χ2v) is 5.66. The highest BCUT2D eigenvalue weighted by Gasteiger charge is 2.09. The Labute approximate surface area is 158 Å². The fourth-order valence-electron chi connectivity index (χ4n) is 1.75. The molecule has 0 saturated heterocycles. The van der Waals surface area contributed by atoms with E-state index in [-0.39, 0.29) is 24.0 Å². The Kier molecular flexibility index (Phi) is 8.32. The molecule has 23 heavy (non-hydrogen) atoms. The molecule has 0 bridgehead atoms. The SMILES string of the molecule is CN=C(NCc1nc(-c2cccc(Cl)c2)no1)NCC(C)C.I. The van der Waals surface area contributed by atoms with Gasteiger partial charge in [0.25, 0.3) is 0 Å². The third-order valence-electron chi connectivity index (χ3n) is 2.86. The van der Waals surface area contributed by atoms with Crippen LogP contribution in [0.2, 0.25) is 5.02 Å². The zero-order chi connectivity index (χ0) is 15.9. The molecular formula is C15H21ClIN5O. The first-order valence-electron chi connectivity index (χ1n) is 7.11. The van der Waals surface area contributed by atoms with Crippen LogP contribution in [0.1, 0.15) is 19.7 Å². The van der Waals surface area contributed by atoms with Gasteiger partial charge in [-0.15, -0.1) is 24.0 Å². The Hall–Kier alpha value is -1.35. The lowest BCUT2D eigenvalue weighted by molar-refractivity contribution is 0.375. The van der Waals surface area contributed by atoms with E-state index >= 15 is 0 Å². The molecule has 2 aromatic rings. The van der Waals surface area contributed by atoms with Crippen molar-refractivity contribution in [3.05, 3.63) is 35.2 Å². The maximum Gasteiger partial charge on any atom is 0.246 e. The van der Waals surface area contributed by atoms with Crippen LogP contribution >= 0.6 is 35.6 Å². The largest absolute Gasteiger partial charge is 0.356 e. The van der Waals surface area contributed by atoms with Crippen molar-refractivity contribution in [3.63, 3.8) is 0 Å². The first-order valence-corrected chi connectivity index (χ1v) is 7.49. The van der Waals surface area contributed by atoms with Gasteiger partial charge < -0.3 is 15.2 Å². The highest BCUT2D eigenvalue weighted by molar-refractivity contribution is 14.0. The second kappa shape index (κ2) is 9.71. The molecule has 0 atom stereocenters. The molecule has 0 fully saturated rings. The van der Waals surface area contributed by atoms with E-state index < -0.39 is 0 Å². The number of hydrogen-bond acceptors (Lipinski definition) is 4. The molecule has 6 nitrogen and oxygen atoms in total. The molecule has 0 aliphatic carbocycles. The average molecular weight is 450 g/mol. The van der Waals surface area contributed by atoms with E-state index in [1.807, 2.05) is 12.1 Å². The van der Waals surface area contributed by atoms with Crippen LogP contribution in [0.25, 0.3) is 11.4 Å². The summed E-state index contributed by atoms with van der Waals surface area (Å²) in [6.45, 7) is 5.52. The van der Waals surface area contributed by atoms with Crippen molar-refractivity contribution in [2.24, 2.45) is 10.9 Å². The number of hydrogen-bond donors (Lipinski definition) is 2. The molecule has 126 valence electrons. The number of guanidine groups is 1. The molecule has 0 unspecified atom stereocenters. The maximum atomic E-state index is 5.96.